The van der Waals surface area contributed by atoms with Gasteiger partial charge in [0.1, 0.15) is 6.61 Å². The fourth-order valence-corrected chi connectivity index (χ4v) is 5.81. The van der Waals surface area contributed by atoms with Crippen molar-refractivity contribution in [3.8, 4) is 0 Å². The maximum Gasteiger partial charge on any atom is 0.472 e. The number of allylic oxidation sites excluding steroid dienone is 4. The molecule has 0 saturated heterocycles. The van der Waals surface area contributed by atoms with Crippen LogP contribution in [0.25, 0.3) is 0 Å². The molecule has 0 heterocycles. The average molecular weight is 701 g/mol. The number of unbranched alkanes of at least 4 members (excludes halogenated alkanes) is 21. The Kier molecular flexibility index (Phi) is 34.3. The van der Waals surface area contributed by atoms with Crippen LogP contribution in [0.2, 0.25) is 0 Å². The molecule has 8 nitrogen and oxygen atoms in total. The van der Waals surface area contributed by atoms with Crippen LogP contribution in [0.3, 0.4) is 0 Å². The largest absolute Gasteiger partial charge is 0.472 e. The lowest BCUT2D eigenvalue weighted by Gasteiger charge is -2.19. The number of rotatable bonds is 36. The molecule has 9 heteroatoms. The molecular formula is C39H73O8P. The first-order valence-corrected chi connectivity index (χ1v) is 21.0. The summed E-state index contributed by atoms with van der Waals surface area (Å²) in [6.45, 7) is 3.84. The number of hydrogen-bond acceptors (Lipinski definition) is 7. The minimum atomic E-state index is -4.26. The summed E-state index contributed by atoms with van der Waals surface area (Å²) in [7, 11) is -3.20. The molecule has 0 saturated carbocycles. The fourth-order valence-electron chi connectivity index (χ4n) is 5.35. The van der Waals surface area contributed by atoms with Crippen molar-refractivity contribution in [1.29, 1.82) is 0 Å². The van der Waals surface area contributed by atoms with Crippen molar-refractivity contribution in [2.45, 2.75) is 193 Å². The van der Waals surface area contributed by atoms with E-state index in [2.05, 4.69) is 42.7 Å². The van der Waals surface area contributed by atoms with Gasteiger partial charge in [-0.25, -0.2) is 4.57 Å². The van der Waals surface area contributed by atoms with Gasteiger partial charge in [-0.2, -0.15) is 0 Å². The molecule has 2 unspecified atom stereocenters. The average Bonchev–Trinajstić information content (AvgIpc) is 3.07. The topological polar surface area (TPSA) is 108 Å². The van der Waals surface area contributed by atoms with E-state index in [4.69, 9.17) is 14.0 Å². The molecule has 0 aromatic heterocycles. The Morgan fingerprint density at radius 2 is 0.938 bits per heavy atom. The van der Waals surface area contributed by atoms with Crippen molar-refractivity contribution in [2.75, 3.05) is 20.3 Å². The fraction of sp³-hybridized carbons (Fsp3) is 0.846. The van der Waals surface area contributed by atoms with Crippen molar-refractivity contribution < 1.29 is 37.6 Å². The van der Waals surface area contributed by atoms with Gasteiger partial charge in [0, 0.05) is 20.0 Å². The second-order valence-electron chi connectivity index (χ2n) is 13.1. The number of esters is 2. The molecule has 0 aromatic carbocycles. The van der Waals surface area contributed by atoms with E-state index in [1.54, 1.807) is 0 Å². The van der Waals surface area contributed by atoms with E-state index in [9.17, 15) is 19.0 Å². The van der Waals surface area contributed by atoms with Crippen LogP contribution in [0.4, 0.5) is 0 Å². The SMILES string of the molecule is CCCCC/C=C\CCCCCCCC(=O)OCC(COP(=O)(O)OC)OC(=O)CCCCCCCCC/C=C\CCCCCCCC. The van der Waals surface area contributed by atoms with Crippen molar-refractivity contribution in [1.82, 2.24) is 0 Å². The first-order valence-electron chi connectivity index (χ1n) is 19.5. The number of phosphoric ester groups is 1. The van der Waals surface area contributed by atoms with Gasteiger partial charge in [-0.15, -0.1) is 0 Å². The molecule has 2 atom stereocenters. The van der Waals surface area contributed by atoms with E-state index in [0.29, 0.717) is 6.42 Å². The van der Waals surface area contributed by atoms with Crippen LogP contribution in [0.5, 0.6) is 0 Å². The molecule has 282 valence electrons. The minimum absolute atomic E-state index is 0.229. The van der Waals surface area contributed by atoms with Gasteiger partial charge >= 0.3 is 19.8 Å². The van der Waals surface area contributed by atoms with Crippen LogP contribution in [0, 0.1) is 0 Å². The predicted molar refractivity (Wildman–Crippen MR) is 198 cm³/mol. The van der Waals surface area contributed by atoms with Gasteiger partial charge in [0.15, 0.2) is 6.10 Å². The van der Waals surface area contributed by atoms with E-state index in [-0.39, 0.29) is 25.4 Å². The maximum absolute atomic E-state index is 12.5. The molecule has 0 rings (SSSR count). The van der Waals surface area contributed by atoms with Gasteiger partial charge in [-0.1, -0.05) is 134 Å². The van der Waals surface area contributed by atoms with Crippen LogP contribution in [-0.2, 0) is 32.7 Å². The molecule has 0 aromatic rings. The number of phosphoric acid groups is 1. The Hall–Kier alpha value is -1.47. The Labute approximate surface area is 294 Å². The number of ether oxygens (including phenoxy) is 2. The molecule has 0 spiro atoms. The number of carbonyl (C=O) groups excluding carboxylic acids is 2. The van der Waals surface area contributed by atoms with E-state index in [1.807, 2.05) is 0 Å². The summed E-state index contributed by atoms with van der Waals surface area (Å²) in [6, 6.07) is 0. The highest BCUT2D eigenvalue weighted by Gasteiger charge is 2.24. The molecule has 0 aliphatic carbocycles. The van der Waals surface area contributed by atoms with Crippen molar-refractivity contribution in [2.24, 2.45) is 0 Å². The van der Waals surface area contributed by atoms with Crippen LogP contribution in [-0.4, -0.2) is 43.3 Å². The maximum atomic E-state index is 12.5. The molecule has 0 fully saturated rings. The Morgan fingerprint density at radius 3 is 1.40 bits per heavy atom. The lowest BCUT2D eigenvalue weighted by Crippen LogP contribution is -2.29. The van der Waals surface area contributed by atoms with Crippen molar-refractivity contribution >= 4 is 19.8 Å². The minimum Gasteiger partial charge on any atom is -0.462 e. The van der Waals surface area contributed by atoms with Crippen LogP contribution in [0.1, 0.15) is 187 Å². The lowest BCUT2D eigenvalue weighted by molar-refractivity contribution is -0.161. The zero-order valence-corrected chi connectivity index (χ0v) is 32.0. The van der Waals surface area contributed by atoms with Crippen LogP contribution < -0.4 is 0 Å². The summed E-state index contributed by atoms with van der Waals surface area (Å²) in [4.78, 5) is 34.3. The summed E-state index contributed by atoms with van der Waals surface area (Å²) in [6.07, 6.45) is 38.0. The van der Waals surface area contributed by atoms with Gasteiger partial charge in [0.2, 0.25) is 0 Å². The van der Waals surface area contributed by atoms with Gasteiger partial charge in [0.25, 0.3) is 0 Å². The molecule has 0 bridgehead atoms. The second kappa shape index (κ2) is 35.4. The Morgan fingerprint density at radius 1 is 0.562 bits per heavy atom. The van der Waals surface area contributed by atoms with Gasteiger partial charge in [-0.3, -0.25) is 18.6 Å². The highest BCUT2D eigenvalue weighted by atomic mass is 31.2. The second-order valence-corrected chi connectivity index (χ2v) is 14.6. The molecular weight excluding hydrogens is 627 g/mol. The third-order valence-corrected chi connectivity index (χ3v) is 9.35. The van der Waals surface area contributed by atoms with E-state index >= 15 is 0 Å². The predicted octanol–water partition coefficient (Wildman–Crippen LogP) is 11.9. The molecule has 48 heavy (non-hydrogen) atoms. The third-order valence-electron chi connectivity index (χ3n) is 8.42. The molecule has 0 radical (unpaired) electrons. The molecule has 0 aliphatic heterocycles. The highest BCUT2D eigenvalue weighted by Crippen LogP contribution is 2.42. The summed E-state index contributed by atoms with van der Waals surface area (Å²) in [5.41, 5.74) is 0. The van der Waals surface area contributed by atoms with Gasteiger partial charge < -0.3 is 14.4 Å². The highest BCUT2D eigenvalue weighted by molar-refractivity contribution is 7.47. The summed E-state index contributed by atoms with van der Waals surface area (Å²) in [5, 5.41) is 0. The summed E-state index contributed by atoms with van der Waals surface area (Å²) >= 11 is 0. The van der Waals surface area contributed by atoms with Crippen LogP contribution in [0.15, 0.2) is 24.3 Å². The third kappa shape index (κ3) is 34.4. The number of hydrogen-bond donors (Lipinski definition) is 1. The zero-order chi connectivity index (χ0) is 35.4. The monoisotopic (exact) mass is 701 g/mol. The molecule has 0 amide bonds. The Balaban J connectivity index is 4.04. The molecule has 0 aliphatic rings. The van der Waals surface area contributed by atoms with E-state index in [0.717, 1.165) is 71.3 Å². The smallest absolute Gasteiger partial charge is 0.462 e. The quantitative estimate of drug-likeness (QED) is 0.0298. The first kappa shape index (κ1) is 46.5. The number of carbonyl (C=O) groups is 2. The van der Waals surface area contributed by atoms with Gasteiger partial charge in [-0.05, 0) is 64.2 Å². The summed E-state index contributed by atoms with van der Waals surface area (Å²) in [5.74, 6) is -0.817. The summed E-state index contributed by atoms with van der Waals surface area (Å²) < 4.78 is 31.9. The Bertz CT molecular complexity index is 844. The molecule has 1 N–H and O–H groups in total. The van der Waals surface area contributed by atoms with Gasteiger partial charge in [0.05, 0.1) is 6.61 Å². The van der Waals surface area contributed by atoms with E-state index in [1.165, 1.54) is 89.9 Å². The van der Waals surface area contributed by atoms with Crippen molar-refractivity contribution in [3.63, 3.8) is 0 Å². The van der Waals surface area contributed by atoms with Crippen molar-refractivity contribution in [3.05, 3.63) is 24.3 Å². The standard InChI is InChI=1S/C39H73O8P/c1-4-6-8-10-12-14-16-18-19-20-21-22-24-26-28-30-32-34-39(41)47-37(36-46-48(42,43)44-3)35-45-38(40)33-31-29-27-25-23-17-15-13-11-9-7-5-2/h13,15,18-19,37H,4-12,14,16-17,20-36H2,1-3H3,(H,42,43)/b15-13-,19-18-. The van der Waals surface area contributed by atoms with E-state index < -0.39 is 26.5 Å². The van der Waals surface area contributed by atoms with Crippen LogP contribution >= 0.6 is 7.82 Å². The zero-order valence-electron chi connectivity index (χ0n) is 31.1. The lowest BCUT2D eigenvalue weighted by atomic mass is 10.1. The first-order chi connectivity index (χ1) is 23.3. The normalized spacial score (nSPS) is 13.7.